The minimum Gasteiger partial charge on any atom is -0.375 e. The predicted octanol–water partition coefficient (Wildman–Crippen LogP) is 2.02. The Kier molecular flexibility index (Phi) is 2.63. The molecular formula is C9H15N3O2. The van der Waals surface area contributed by atoms with E-state index < -0.39 is 0 Å². The number of rotatable bonds is 2. The fraction of sp³-hybridized carbons (Fsp3) is 1.00. The van der Waals surface area contributed by atoms with E-state index in [-0.39, 0.29) is 11.7 Å². The SMILES string of the molecule is C[C@@H]1C[C@]2(CC[C@@H](CN=[N+]=[N-])O2)CO1. The average Bonchev–Trinajstić information content (AvgIpc) is 2.72. The highest BCUT2D eigenvalue weighted by Crippen LogP contribution is 2.39. The molecule has 0 saturated carbocycles. The quantitative estimate of drug-likeness (QED) is 0.386. The summed E-state index contributed by atoms with van der Waals surface area (Å²) in [5.74, 6) is 0. The van der Waals surface area contributed by atoms with Gasteiger partial charge in [0.25, 0.3) is 0 Å². The predicted molar refractivity (Wildman–Crippen MR) is 50.9 cm³/mol. The Morgan fingerprint density at radius 1 is 1.64 bits per heavy atom. The molecule has 2 fully saturated rings. The van der Waals surface area contributed by atoms with Crippen molar-refractivity contribution in [3.8, 4) is 0 Å². The molecule has 0 aromatic carbocycles. The van der Waals surface area contributed by atoms with Crippen LogP contribution in [0.2, 0.25) is 0 Å². The smallest absolute Gasteiger partial charge is 0.0944 e. The molecule has 78 valence electrons. The molecule has 0 radical (unpaired) electrons. The maximum Gasteiger partial charge on any atom is 0.0944 e. The van der Waals surface area contributed by atoms with Crippen LogP contribution >= 0.6 is 0 Å². The zero-order chi connectivity index (χ0) is 10.0. The second-order valence-electron chi connectivity index (χ2n) is 4.20. The van der Waals surface area contributed by atoms with Crippen LogP contribution in [-0.2, 0) is 9.47 Å². The van der Waals surface area contributed by atoms with Crippen molar-refractivity contribution in [3.63, 3.8) is 0 Å². The van der Waals surface area contributed by atoms with Crippen molar-refractivity contribution < 1.29 is 9.47 Å². The van der Waals surface area contributed by atoms with E-state index in [4.69, 9.17) is 15.0 Å². The van der Waals surface area contributed by atoms with E-state index >= 15 is 0 Å². The van der Waals surface area contributed by atoms with Gasteiger partial charge in [0.05, 0.1) is 31.0 Å². The van der Waals surface area contributed by atoms with Crippen molar-refractivity contribution in [2.45, 2.75) is 44.0 Å². The highest BCUT2D eigenvalue weighted by Gasteiger charge is 2.45. The number of nitrogens with zero attached hydrogens (tertiary/aromatic N) is 3. The molecule has 0 bridgehead atoms. The molecule has 2 rings (SSSR count). The first kappa shape index (κ1) is 9.77. The van der Waals surface area contributed by atoms with Gasteiger partial charge in [0, 0.05) is 11.3 Å². The van der Waals surface area contributed by atoms with Crippen LogP contribution in [0.1, 0.15) is 26.2 Å². The second-order valence-corrected chi connectivity index (χ2v) is 4.20. The van der Waals surface area contributed by atoms with Crippen LogP contribution in [0.3, 0.4) is 0 Å². The van der Waals surface area contributed by atoms with E-state index in [1.807, 2.05) is 0 Å². The standard InChI is InChI=1S/C9H15N3O2/c1-7-4-9(6-13-7)3-2-8(14-9)5-11-12-10/h7-8H,2-6H2,1H3/t7-,8+,9-/m1/s1. The van der Waals surface area contributed by atoms with Crippen molar-refractivity contribution in [3.05, 3.63) is 10.4 Å². The topological polar surface area (TPSA) is 67.2 Å². The Bertz CT molecular complexity index is 265. The van der Waals surface area contributed by atoms with Crippen LogP contribution in [0, 0.1) is 0 Å². The molecule has 2 heterocycles. The summed E-state index contributed by atoms with van der Waals surface area (Å²) in [7, 11) is 0. The highest BCUT2D eigenvalue weighted by molar-refractivity contribution is 4.94. The number of hydrogen-bond donors (Lipinski definition) is 0. The average molecular weight is 197 g/mol. The van der Waals surface area contributed by atoms with Gasteiger partial charge in [-0.15, -0.1) is 0 Å². The summed E-state index contributed by atoms with van der Waals surface area (Å²) >= 11 is 0. The van der Waals surface area contributed by atoms with Crippen molar-refractivity contribution in [2.24, 2.45) is 5.11 Å². The van der Waals surface area contributed by atoms with Gasteiger partial charge in [-0.1, -0.05) is 5.11 Å². The lowest BCUT2D eigenvalue weighted by Crippen LogP contribution is -2.30. The fourth-order valence-corrected chi connectivity index (χ4v) is 2.34. The summed E-state index contributed by atoms with van der Waals surface area (Å²) < 4.78 is 11.4. The Morgan fingerprint density at radius 2 is 2.50 bits per heavy atom. The Labute approximate surface area is 83.0 Å². The van der Waals surface area contributed by atoms with E-state index in [9.17, 15) is 0 Å². The molecule has 3 atom stereocenters. The first-order valence-electron chi connectivity index (χ1n) is 5.04. The van der Waals surface area contributed by atoms with Crippen molar-refractivity contribution in [2.75, 3.05) is 13.2 Å². The molecule has 0 aromatic rings. The Hall–Kier alpha value is -0.770. The van der Waals surface area contributed by atoms with Crippen molar-refractivity contribution in [1.29, 1.82) is 0 Å². The van der Waals surface area contributed by atoms with Crippen LogP contribution in [0.5, 0.6) is 0 Å². The molecular weight excluding hydrogens is 182 g/mol. The maximum atomic E-state index is 8.20. The summed E-state index contributed by atoms with van der Waals surface area (Å²) in [6, 6.07) is 0. The molecule has 2 saturated heterocycles. The first-order valence-corrected chi connectivity index (χ1v) is 5.04. The highest BCUT2D eigenvalue weighted by atomic mass is 16.6. The van der Waals surface area contributed by atoms with E-state index in [1.54, 1.807) is 0 Å². The minimum atomic E-state index is -0.0743. The molecule has 14 heavy (non-hydrogen) atoms. The summed E-state index contributed by atoms with van der Waals surface area (Å²) in [5, 5.41) is 3.54. The first-order chi connectivity index (χ1) is 6.74. The molecule has 1 spiro atoms. The van der Waals surface area contributed by atoms with Crippen LogP contribution in [0.15, 0.2) is 5.11 Å². The molecule has 5 nitrogen and oxygen atoms in total. The summed E-state index contributed by atoms with van der Waals surface area (Å²) in [6.07, 6.45) is 3.38. The van der Waals surface area contributed by atoms with Gasteiger partial charge in [-0.25, -0.2) is 0 Å². The van der Waals surface area contributed by atoms with Crippen molar-refractivity contribution in [1.82, 2.24) is 0 Å². The van der Waals surface area contributed by atoms with E-state index in [0.29, 0.717) is 19.3 Å². The molecule has 2 aliphatic rings. The van der Waals surface area contributed by atoms with Crippen LogP contribution < -0.4 is 0 Å². The van der Waals surface area contributed by atoms with Gasteiger partial charge in [0.2, 0.25) is 0 Å². The van der Waals surface area contributed by atoms with Crippen LogP contribution in [0.25, 0.3) is 10.4 Å². The van der Waals surface area contributed by atoms with E-state index in [2.05, 4.69) is 16.9 Å². The normalized spacial score (nSPS) is 41.5. The Balaban J connectivity index is 1.90. The summed E-state index contributed by atoms with van der Waals surface area (Å²) in [5.41, 5.74) is 8.13. The molecule has 0 N–H and O–H groups in total. The third kappa shape index (κ3) is 1.85. The van der Waals surface area contributed by atoms with Gasteiger partial charge in [0.15, 0.2) is 0 Å². The van der Waals surface area contributed by atoms with Crippen LogP contribution in [0.4, 0.5) is 0 Å². The van der Waals surface area contributed by atoms with Gasteiger partial charge in [-0.05, 0) is 25.3 Å². The molecule has 5 heteroatoms. The van der Waals surface area contributed by atoms with Crippen molar-refractivity contribution >= 4 is 0 Å². The van der Waals surface area contributed by atoms with Crippen LogP contribution in [-0.4, -0.2) is 31.0 Å². The fourth-order valence-electron chi connectivity index (χ4n) is 2.34. The van der Waals surface area contributed by atoms with Gasteiger partial charge in [-0.2, -0.15) is 0 Å². The second kappa shape index (κ2) is 3.77. The molecule has 0 amide bonds. The largest absolute Gasteiger partial charge is 0.375 e. The zero-order valence-corrected chi connectivity index (χ0v) is 8.35. The maximum absolute atomic E-state index is 8.20. The molecule has 2 aliphatic heterocycles. The molecule has 0 aliphatic carbocycles. The lowest BCUT2D eigenvalue weighted by Gasteiger charge is -2.21. The van der Waals surface area contributed by atoms with E-state index in [0.717, 1.165) is 19.3 Å². The van der Waals surface area contributed by atoms with Gasteiger partial charge >= 0.3 is 0 Å². The summed E-state index contributed by atoms with van der Waals surface area (Å²) in [6.45, 7) is 3.21. The minimum absolute atomic E-state index is 0.0743. The Morgan fingerprint density at radius 3 is 3.14 bits per heavy atom. The lowest BCUT2D eigenvalue weighted by molar-refractivity contribution is -0.0413. The van der Waals surface area contributed by atoms with Gasteiger partial charge in [0.1, 0.15) is 0 Å². The lowest BCUT2D eigenvalue weighted by atomic mass is 9.97. The summed E-state index contributed by atoms with van der Waals surface area (Å²) in [4.78, 5) is 2.74. The number of ether oxygens (including phenoxy) is 2. The monoisotopic (exact) mass is 197 g/mol. The van der Waals surface area contributed by atoms with Gasteiger partial charge in [-0.3, -0.25) is 0 Å². The molecule has 0 unspecified atom stereocenters. The third-order valence-electron chi connectivity index (χ3n) is 2.98. The van der Waals surface area contributed by atoms with E-state index in [1.165, 1.54) is 0 Å². The van der Waals surface area contributed by atoms with Gasteiger partial charge < -0.3 is 9.47 Å². The number of hydrogen-bond acceptors (Lipinski definition) is 3. The number of azide groups is 1. The molecule has 0 aromatic heterocycles. The third-order valence-corrected chi connectivity index (χ3v) is 2.98. The zero-order valence-electron chi connectivity index (χ0n) is 8.35.